The first kappa shape index (κ1) is 12.6. The lowest BCUT2D eigenvalue weighted by Crippen LogP contribution is -2.36. The third-order valence-electron chi connectivity index (χ3n) is 3.55. The third-order valence-corrected chi connectivity index (χ3v) is 4.75. The van der Waals surface area contributed by atoms with Crippen LogP contribution in [0.5, 0.6) is 0 Å². The van der Waals surface area contributed by atoms with E-state index in [1.54, 1.807) is 6.07 Å². The molecule has 1 aliphatic rings. The normalized spacial score (nSPS) is 19.8. The lowest BCUT2D eigenvalue weighted by atomic mass is 10.1. The molecule has 0 spiro atoms. The van der Waals surface area contributed by atoms with Crippen molar-refractivity contribution in [1.29, 1.82) is 0 Å². The molecule has 0 aliphatic carbocycles. The molecule has 19 heavy (non-hydrogen) atoms. The van der Waals surface area contributed by atoms with Gasteiger partial charge in [-0.3, -0.25) is 4.98 Å². The fourth-order valence-electron chi connectivity index (χ4n) is 2.46. The average Bonchev–Trinajstić information content (AvgIpc) is 2.77. The molecular weight excluding hydrogens is 267 g/mol. The molecular formula is C13H15FN2O2S. The summed E-state index contributed by atoms with van der Waals surface area (Å²) in [6.45, 7) is 0. The van der Waals surface area contributed by atoms with Gasteiger partial charge in [0.15, 0.2) is 5.58 Å². The van der Waals surface area contributed by atoms with Crippen LogP contribution in [0.25, 0.3) is 11.1 Å². The highest BCUT2D eigenvalue weighted by atomic mass is 32.2. The highest BCUT2D eigenvalue weighted by Gasteiger charge is 2.21. The first-order valence-corrected chi connectivity index (χ1v) is 7.43. The summed E-state index contributed by atoms with van der Waals surface area (Å²) in [5.41, 5.74) is 1.29. The fraction of sp³-hybridized carbons (Fsp3) is 0.462. The highest BCUT2D eigenvalue weighted by Crippen LogP contribution is 2.29. The monoisotopic (exact) mass is 282 g/mol. The number of thioether (sulfide) groups is 1. The predicted octanol–water partition coefficient (Wildman–Crippen LogP) is 2.59. The lowest BCUT2D eigenvalue weighted by molar-refractivity contribution is 0.552. The summed E-state index contributed by atoms with van der Waals surface area (Å²) >= 11 is 1.90. The van der Waals surface area contributed by atoms with Crippen LogP contribution in [-0.4, -0.2) is 29.6 Å². The molecule has 0 saturated carbocycles. The number of aromatic nitrogens is 1. The molecule has 0 bridgehead atoms. The number of halogens is 1. The number of benzene rings is 1. The molecule has 0 amide bonds. The molecule has 1 aromatic carbocycles. The Morgan fingerprint density at radius 3 is 3.11 bits per heavy atom. The molecule has 1 aliphatic heterocycles. The van der Waals surface area contributed by atoms with Gasteiger partial charge in [0.25, 0.3) is 0 Å². The first-order chi connectivity index (χ1) is 9.15. The predicted molar refractivity (Wildman–Crippen MR) is 75.5 cm³/mol. The zero-order valence-electron chi connectivity index (χ0n) is 10.6. The van der Waals surface area contributed by atoms with E-state index in [-0.39, 0.29) is 5.82 Å². The number of hydrogen-bond donors (Lipinski definition) is 1. The molecule has 0 radical (unpaired) electrons. The molecule has 4 nitrogen and oxygen atoms in total. The minimum atomic E-state index is -0.553. The van der Waals surface area contributed by atoms with Crippen molar-refractivity contribution < 1.29 is 8.81 Å². The second kappa shape index (κ2) is 4.92. The second-order valence-corrected chi connectivity index (χ2v) is 5.95. The molecule has 1 unspecified atom stereocenters. The minimum absolute atomic E-state index is 0.330. The number of nitrogens with one attached hydrogen (secondary N) is 1. The Kier molecular flexibility index (Phi) is 3.26. The standard InChI is InChI=1S/C13H15FN2O2S/c1-16(8-3-2-4-19-7-8)11-6-12-10(5-9(11)14)15-13(17)18-12/h5-6,8H,2-4,7H2,1H3,(H,15,17). The van der Waals surface area contributed by atoms with Crippen molar-refractivity contribution in [3.8, 4) is 0 Å². The Hall–Kier alpha value is -1.43. The van der Waals surface area contributed by atoms with E-state index in [9.17, 15) is 9.18 Å². The van der Waals surface area contributed by atoms with Gasteiger partial charge in [0.2, 0.25) is 0 Å². The molecule has 1 N–H and O–H groups in total. The molecule has 2 heterocycles. The molecule has 2 aromatic rings. The van der Waals surface area contributed by atoms with Crippen molar-refractivity contribution in [3.63, 3.8) is 0 Å². The SMILES string of the molecule is CN(c1cc2oc(=O)[nH]c2cc1F)C1CCCSC1. The van der Waals surface area contributed by atoms with E-state index in [1.807, 2.05) is 23.7 Å². The molecule has 1 aromatic heterocycles. The van der Waals surface area contributed by atoms with E-state index in [4.69, 9.17) is 4.42 Å². The van der Waals surface area contributed by atoms with Crippen LogP contribution in [0.15, 0.2) is 21.3 Å². The Balaban J connectivity index is 1.98. The van der Waals surface area contributed by atoms with Crippen molar-refractivity contribution in [2.45, 2.75) is 18.9 Å². The van der Waals surface area contributed by atoms with Crippen LogP contribution in [0.4, 0.5) is 10.1 Å². The van der Waals surface area contributed by atoms with Crippen LogP contribution in [0, 0.1) is 5.82 Å². The van der Waals surface area contributed by atoms with Gasteiger partial charge in [-0.25, -0.2) is 9.18 Å². The van der Waals surface area contributed by atoms with E-state index < -0.39 is 5.76 Å². The maximum atomic E-state index is 14.1. The number of H-pyrrole nitrogens is 1. The van der Waals surface area contributed by atoms with Crippen LogP contribution in [-0.2, 0) is 0 Å². The van der Waals surface area contributed by atoms with E-state index in [0.29, 0.717) is 22.8 Å². The van der Waals surface area contributed by atoms with Crippen molar-refractivity contribution in [3.05, 3.63) is 28.5 Å². The zero-order chi connectivity index (χ0) is 13.4. The number of fused-ring (bicyclic) bond motifs is 1. The Morgan fingerprint density at radius 1 is 1.53 bits per heavy atom. The van der Waals surface area contributed by atoms with Crippen molar-refractivity contribution in [2.75, 3.05) is 23.5 Å². The summed E-state index contributed by atoms with van der Waals surface area (Å²) in [5.74, 6) is 1.30. The first-order valence-electron chi connectivity index (χ1n) is 6.28. The van der Waals surface area contributed by atoms with E-state index in [0.717, 1.165) is 18.6 Å². The van der Waals surface area contributed by atoms with E-state index >= 15 is 0 Å². The summed E-state index contributed by atoms with van der Waals surface area (Å²) in [7, 11) is 1.89. The summed E-state index contributed by atoms with van der Waals surface area (Å²) in [6.07, 6.45) is 2.22. The van der Waals surface area contributed by atoms with Crippen LogP contribution >= 0.6 is 11.8 Å². The molecule has 3 rings (SSSR count). The Bertz CT molecular complexity index is 646. The zero-order valence-corrected chi connectivity index (χ0v) is 11.4. The summed E-state index contributed by atoms with van der Waals surface area (Å²) in [4.78, 5) is 15.5. The van der Waals surface area contributed by atoms with Crippen molar-refractivity contribution >= 4 is 28.5 Å². The highest BCUT2D eigenvalue weighted by molar-refractivity contribution is 7.99. The Labute approximate surface area is 114 Å². The summed E-state index contributed by atoms with van der Waals surface area (Å²) in [5, 5.41) is 0. The van der Waals surface area contributed by atoms with Gasteiger partial charge in [-0.1, -0.05) is 0 Å². The summed E-state index contributed by atoms with van der Waals surface area (Å²) < 4.78 is 19.1. The van der Waals surface area contributed by atoms with Crippen LogP contribution in [0.3, 0.4) is 0 Å². The maximum Gasteiger partial charge on any atom is 0.417 e. The van der Waals surface area contributed by atoms with Gasteiger partial charge < -0.3 is 9.32 Å². The second-order valence-electron chi connectivity index (χ2n) is 4.80. The van der Waals surface area contributed by atoms with Gasteiger partial charge in [0.05, 0.1) is 11.2 Å². The van der Waals surface area contributed by atoms with Crippen molar-refractivity contribution in [2.24, 2.45) is 0 Å². The maximum absolute atomic E-state index is 14.1. The summed E-state index contributed by atoms with van der Waals surface area (Å²) in [6, 6.07) is 3.25. The topological polar surface area (TPSA) is 49.2 Å². The van der Waals surface area contributed by atoms with Gasteiger partial charge >= 0.3 is 5.76 Å². The molecule has 102 valence electrons. The number of anilines is 1. The quantitative estimate of drug-likeness (QED) is 0.920. The van der Waals surface area contributed by atoms with E-state index in [2.05, 4.69) is 4.98 Å². The largest absolute Gasteiger partial charge is 0.417 e. The van der Waals surface area contributed by atoms with Gasteiger partial charge in [-0.05, 0) is 18.6 Å². The minimum Gasteiger partial charge on any atom is -0.408 e. The lowest BCUT2D eigenvalue weighted by Gasteiger charge is -2.32. The average molecular weight is 282 g/mol. The molecule has 1 saturated heterocycles. The smallest absolute Gasteiger partial charge is 0.408 e. The van der Waals surface area contributed by atoms with E-state index in [1.165, 1.54) is 11.8 Å². The number of hydrogen-bond acceptors (Lipinski definition) is 4. The van der Waals surface area contributed by atoms with Crippen LogP contribution in [0.1, 0.15) is 12.8 Å². The molecule has 1 fully saturated rings. The van der Waals surface area contributed by atoms with Gasteiger partial charge in [-0.15, -0.1) is 0 Å². The number of rotatable bonds is 2. The van der Waals surface area contributed by atoms with Crippen LogP contribution < -0.4 is 10.7 Å². The van der Waals surface area contributed by atoms with Gasteiger partial charge in [0.1, 0.15) is 5.82 Å². The van der Waals surface area contributed by atoms with Gasteiger partial charge in [0, 0.05) is 31.0 Å². The molecule has 1 atom stereocenters. The van der Waals surface area contributed by atoms with Crippen molar-refractivity contribution in [1.82, 2.24) is 4.98 Å². The number of aromatic amines is 1. The number of oxazole rings is 1. The number of nitrogens with zero attached hydrogens (tertiary/aromatic N) is 1. The third kappa shape index (κ3) is 2.36. The van der Waals surface area contributed by atoms with Gasteiger partial charge in [-0.2, -0.15) is 11.8 Å². The fourth-order valence-corrected chi connectivity index (χ4v) is 3.66. The Morgan fingerprint density at radius 2 is 2.37 bits per heavy atom. The molecule has 6 heteroatoms. The van der Waals surface area contributed by atoms with Crippen LogP contribution in [0.2, 0.25) is 0 Å².